The van der Waals surface area contributed by atoms with E-state index in [4.69, 9.17) is 4.98 Å². The average molecular weight is 610 g/mol. The fourth-order valence-corrected chi connectivity index (χ4v) is 5.92. The normalized spacial score (nSPS) is 18.1. The Kier molecular flexibility index (Phi) is 8.60. The Morgan fingerprint density at radius 3 is 2.48 bits per heavy atom. The van der Waals surface area contributed by atoms with Crippen molar-refractivity contribution >= 4 is 28.6 Å². The van der Waals surface area contributed by atoms with Crippen molar-refractivity contribution in [2.24, 2.45) is 0 Å². The van der Waals surface area contributed by atoms with Gasteiger partial charge in [-0.3, -0.25) is 14.5 Å². The minimum atomic E-state index is -4.72. The van der Waals surface area contributed by atoms with Crippen LogP contribution in [0.3, 0.4) is 0 Å². The number of piperazine rings is 2. The van der Waals surface area contributed by atoms with Crippen LogP contribution in [0.2, 0.25) is 0 Å². The van der Waals surface area contributed by atoms with E-state index in [1.807, 2.05) is 9.80 Å². The molecule has 0 aliphatic carbocycles. The Bertz CT molecular complexity index is 1670. The van der Waals surface area contributed by atoms with Gasteiger partial charge in [0.15, 0.2) is 0 Å². The second-order valence-electron chi connectivity index (χ2n) is 11.3. The molecule has 232 valence electrons. The summed E-state index contributed by atoms with van der Waals surface area (Å²) in [5.41, 5.74) is -2.25. The number of rotatable bonds is 6. The van der Waals surface area contributed by atoms with Gasteiger partial charge in [0.05, 0.1) is 41.4 Å². The first-order valence-electron chi connectivity index (χ1n) is 14.5. The van der Waals surface area contributed by atoms with E-state index < -0.39 is 23.3 Å². The smallest absolute Gasteiger partial charge is 0.352 e. The molecule has 0 N–H and O–H groups in total. The maximum atomic E-state index is 14.1. The molecule has 44 heavy (non-hydrogen) atoms. The average Bonchev–Trinajstić information content (AvgIpc) is 3.00. The van der Waals surface area contributed by atoms with Crippen molar-refractivity contribution in [3.63, 3.8) is 0 Å². The minimum absolute atomic E-state index is 0.0358. The molecule has 2 fully saturated rings. The second-order valence-corrected chi connectivity index (χ2v) is 11.3. The van der Waals surface area contributed by atoms with Gasteiger partial charge in [0.2, 0.25) is 11.9 Å². The highest BCUT2D eigenvalue weighted by Crippen LogP contribution is 2.36. The van der Waals surface area contributed by atoms with Crippen LogP contribution in [-0.4, -0.2) is 93.4 Å². The molecule has 0 spiro atoms. The van der Waals surface area contributed by atoms with Crippen LogP contribution in [0.5, 0.6) is 0 Å². The van der Waals surface area contributed by atoms with Crippen LogP contribution in [0.25, 0.3) is 16.6 Å². The molecule has 1 amide bonds. The SMILES string of the molecule is C=CC(=O)N1CCN(c2nc(N3CCN(C(C)C)CC3)nc3c(=O)n(-c4cccc(C)c4C(F)(F)F)ncc23)CC1CC#N. The number of fused-ring (bicyclic) bond motifs is 1. The van der Waals surface area contributed by atoms with Crippen molar-refractivity contribution in [3.05, 3.63) is 58.5 Å². The molecule has 1 unspecified atom stereocenters. The van der Waals surface area contributed by atoms with Crippen LogP contribution in [0, 0.1) is 18.3 Å². The number of nitrogens with zero attached hydrogens (tertiary/aromatic N) is 9. The molecule has 2 aromatic heterocycles. The molecule has 2 aliphatic heterocycles. The van der Waals surface area contributed by atoms with Crippen LogP contribution < -0.4 is 15.4 Å². The fraction of sp³-hybridized carbons (Fsp3) is 0.467. The summed E-state index contributed by atoms with van der Waals surface area (Å²) in [7, 11) is 0. The van der Waals surface area contributed by atoms with Gasteiger partial charge in [0, 0.05) is 51.9 Å². The summed E-state index contributed by atoms with van der Waals surface area (Å²) in [5, 5.41) is 13.9. The molecule has 11 nitrogen and oxygen atoms in total. The van der Waals surface area contributed by atoms with Crippen LogP contribution in [-0.2, 0) is 11.0 Å². The van der Waals surface area contributed by atoms with Gasteiger partial charge < -0.3 is 14.7 Å². The standard InChI is InChI=1S/C30H34F3N9O2/c1-5-24(43)41-16-15-40(18-21(41)9-10-34)27-22-17-35-42(23-8-6-7-20(4)25(23)30(31,32)33)28(44)26(22)36-29(37-27)39-13-11-38(12-14-39)19(2)3/h5-8,17,19,21H,1,9,11-16,18H2,2-4H3. The molecule has 5 rings (SSSR count). The van der Waals surface area contributed by atoms with Gasteiger partial charge in [0.1, 0.15) is 11.3 Å². The Hall–Kier alpha value is -4.51. The lowest BCUT2D eigenvalue weighted by molar-refractivity contribution is -0.138. The van der Waals surface area contributed by atoms with Gasteiger partial charge in [-0.1, -0.05) is 18.7 Å². The van der Waals surface area contributed by atoms with Gasteiger partial charge in [-0.05, 0) is 38.5 Å². The zero-order valence-corrected chi connectivity index (χ0v) is 24.9. The number of halogens is 3. The van der Waals surface area contributed by atoms with E-state index in [2.05, 4.69) is 41.5 Å². The van der Waals surface area contributed by atoms with Crippen molar-refractivity contribution in [1.82, 2.24) is 29.5 Å². The number of nitriles is 1. The number of benzene rings is 1. The first kappa shape index (κ1) is 30.9. The predicted molar refractivity (Wildman–Crippen MR) is 160 cm³/mol. The zero-order valence-electron chi connectivity index (χ0n) is 24.9. The molecule has 0 bridgehead atoms. The van der Waals surface area contributed by atoms with E-state index in [0.717, 1.165) is 17.8 Å². The van der Waals surface area contributed by atoms with Gasteiger partial charge in [0.25, 0.3) is 5.56 Å². The predicted octanol–water partition coefficient (Wildman–Crippen LogP) is 3.15. The van der Waals surface area contributed by atoms with Crippen LogP contribution >= 0.6 is 0 Å². The molecule has 3 aromatic rings. The van der Waals surface area contributed by atoms with E-state index in [0.29, 0.717) is 31.5 Å². The molecule has 0 saturated carbocycles. The summed E-state index contributed by atoms with van der Waals surface area (Å²) in [4.78, 5) is 43.7. The van der Waals surface area contributed by atoms with Crippen molar-refractivity contribution in [2.75, 3.05) is 55.6 Å². The largest absolute Gasteiger partial charge is 0.418 e. The van der Waals surface area contributed by atoms with Gasteiger partial charge >= 0.3 is 6.18 Å². The van der Waals surface area contributed by atoms with Crippen molar-refractivity contribution in [3.8, 4) is 11.8 Å². The highest BCUT2D eigenvalue weighted by Gasteiger charge is 2.37. The summed E-state index contributed by atoms with van der Waals surface area (Å²) in [5.74, 6) is 0.374. The number of hydrogen-bond acceptors (Lipinski definition) is 9. The van der Waals surface area contributed by atoms with Gasteiger partial charge in [-0.15, -0.1) is 0 Å². The highest BCUT2D eigenvalue weighted by atomic mass is 19.4. The number of alkyl halides is 3. The number of amides is 1. The molecule has 1 atom stereocenters. The minimum Gasteiger partial charge on any atom is -0.352 e. The van der Waals surface area contributed by atoms with E-state index in [1.165, 1.54) is 37.4 Å². The number of carbonyl (C=O) groups is 1. The lowest BCUT2D eigenvalue weighted by Crippen LogP contribution is -2.55. The summed E-state index contributed by atoms with van der Waals surface area (Å²) >= 11 is 0. The molecule has 2 saturated heterocycles. The highest BCUT2D eigenvalue weighted by molar-refractivity contribution is 5.90. The summed E-state index contributed by atoms with van der Waals surface area (Å²) in [6.07, 6.45) is -2.12. The van der Waals surface area contributed by atoms with Crippen LogP contribution in [0.15, 0.2) is 41.8 Å². The summed E-state index contributed by atoms with van der Waals surface area (Å²) in [6.45, 7) is 12.7. The Morgan fingerprint density at radius 1 is 1.14 bits per heavy atom. The summed E-state index contributed by atoms with van der Waals surface area (Å²) in [6, 6.07) is 6.02. The molecule has 14 heteroatoms. The zero-order chi connectivity index (χ0) is 31.8. The van der Waals surface area contributed by atoms with Gasteiger partial charge in [-0.25, -0.2) is 4.98 Å². The number of carbonyl (C=O) groups excluding carboxylic acids is 1. The van der Waals surface area contributed by atoms with Crippen molar-refractivity contribution in [1.29, 1.82) is 5.26 Å². The quantitative estimate of drug-likeness (QED) is 0.389. The fourth-order valence-electron chi connectivity index (χ4n) is 5.92. The first-order chi connectivity index (χ1) is 20.9. The molecule has 2 aliphatic rings. The van der Waals surface area contributed by atoms with E-state index in [9.17, 15) is 28.0 Å². The van der Waals surface area contributed by atoms with Crippen LogP contribution in [0.1, 0.15) is 31.4 Å². The maximum Gasteiger partial charge on any atom is 0.418 e. The Morgan fingerprint density at radius 2 is 1.84 bits per heavy atom. The lowest BCUT2D eigenvalue weighted by atomic mass is 10.1. The van der Waals surface area contributed by atoms with Crippen molar-refractivity contribution < 1.29 is 18.0 Å². The third kappa shape index (κ3) is 5.84. The summed E-state index contributed by atoms with van der Waals surface area (Å²) < 4.78 is 43.1. The number of hydrogen-bond donors (Lipinski definition) is 0. The van der Waals surface area contributed by atoms with Crippen LogP contribution in [0.4, 0.5) is 24.9 Å². The van der Waals surface area contributed by atoms with E-state index in [1.54, 1.807) is 4.90 Å². The number of aryl methyl sites for hydroxylation is 1. The third-order valence-corrected chi connectivity index (χ3v) is 8.27. The van der Waals surface area contributed by atoms with E-state index >= 15 is 0 Å². The monoisotopic (exact) mass is 609 g/mol. The molecule has 4 heterocycles. The van der Waals surface area contributed by atoms with Gasteiger partial charge in [-0.2, -0.15) is 33.2 Å². The first-order valence-corrected chi connectivity index (χ1v) is 14.5. The number of aromatic nitrogens is 4. The number of anilines is 2. The Balaban J connectivity index is 1.66. The molecule has 1 aromatic carbocycles. The lowest BCUT2D eigenvalue weighted by Gasteiger charge is -2.41. The van der Waals surface area contributed by atoms with Crippen molar-refractivity contribution in [2.45, 2.75) is 45.5 Å². The van der Waals surface area contributed by atoms with E-state index in [-0.39, 0.29) is 53.5 Å². The molecular formula is C30H34F3N9O2. The topological polar surface area (TPSA) is 114 Å². The Labute approximate surface area is 252 Å². The third-order valence-electron chi connectivity index (χ3n) is 8.27. The molecular weight excluding hydrogens is 575 g/mol. The second kappa shape index (κ2) is 12.2. The maximum absolute atomic E-state index is 14.1. The molecule has 0 radical (unpaired) electrons.